The molecular formula is C15H19N3O6. The van der Waals surface area contributed by atoms with E-state index in [-0.39, 0.29) is 23.6 Å². The molecular weight excluding hydrogens is 318 g/mol. The largest absolute Gasteiger partial charge is 0.478 e. The third-order valence-corrected chi connectivity index (χ3v) is 3.46. The molecule has 1 rings (SSSR count). The van der Waals surface area contributed by atoms with Gasteiger partial charge in [0.2, 0.25) is 5.91 Å². The van der Waals surface area contributed by atoms with Crippen molar-refractivity contribution in [2.75, 3.05) is 26.7 Å². The molecule has 24 heavy (non-hydrogen) atoms. The minimum atomic E-state index is -1.38. The smallest absolute Gasteiger partial charge is 0.335 e. The molecule has 130 valence electrons. The van der Waals surface area contributed by atoms with E-state index in [1.165, 1.54) is 7.05 Å². The molecule has 0 aliphatic heterocycles. The standard InChI is InChI=1S/C15H19N3O6/c1-4-17(5-2)13(19)9-16(3)14(20)10-6-11(15(21)22)8-12(7-10)18(23)24/h6-8H,4-5,9H2,1-3H3,(H,21,22). The van der Waals surface area contributed by atoms with Crippen LogP contribution >= 0.6 is 0 Å². The van der Waals surface area contributed by atoms with Crippen LogP contribution in [0.4, 0.5) is 5.69 Å². The van der Waals surface area contributed by atoms with Crippen molar-refractivity contribution in [3.05, 3.63) is 39.4 Å². The predicted molar refractivity (Wildman–Crippen MR) is 84.9 cm³/mol. The number of hydrogen-bond donors (Lipinski definition) is 1. The molecule has 0 atom stereocenters. The van der Waals surface area contributed by atoms with Crippen molar-refractivity contribution in [1.82, 2.24) is 9.80 Å². The van der Waals surface area contributed by atoms with E-state index in [1.54, 1.807) is 4.90 Å². The number of carboxylic acids is 1. The Morgan fingerprint density at radius 3 is 2.12 bits per heavy atom. The number of carboxylic acid groups (broad SMARTS) is 1. The Morgan fingerprint density at radius 2 is 1.67 bits per heavy atom. The Bertz CT molecular complexity index is 637. The van der Waals surface area contributed by atoms with Gasteiger partial charge >= 0.3 is 5.97 Å². The Morgan fingerprint density at radius 1 is 1.12 bits per heavy atom. The lowest BCUT2D eigenvalue weighted by molar-refractivity contribution is -0.384. The maximum Gasteiger partial charge on any atom is 0.335 e. The fourth-order valence-electron chi connectivity index (χ4n) is 2.13. The molecule has 1 aromatic carbocycles. The zero-order valence-electron chi connectivity index (χ0n) is 13.7. The summed E-state index contributed by atoms with van der Waals surface area (Å²) in [5, 5.41) is 19.9. The highest BCUT2D eigenvalue weighted by Gasteiger charge is 2.22. The second-order valence-electron chi connectivity index (χ2n) is 5.06. The van der Waals surface area contributed by atoms with Gasteiger partial charge in [-0.2, -0.15) is 0 Å². The molecule has 9 heteroatoms. The average Bonchev–Trinajstić information content (AvgIpc) is 2.54. The van der Waals surface area contributed by atoms with Gasteiger partial charge in [0.1, 0.15) is 0 Å². The van der Waals surface area contributed by atoms with Crippen LogP contribution in [0.2, 0.25) is 0 Å². The molecule has 0 spiro atoms. The first-order chi connectivity index (χ1) is 11.2. The molecule has 0 aliphatic carbocycles. The maximum atomic E-state index is 12.4. The monoisotopic (exact) mass is 337 g/mol. The first-order valence-corrected chi connectivity index (χ1v) is 7.27. The molecule has 0 saturated carbocycles. The van der Waals surface area contributed by atoms with E-state index in [2.05, 4.69) is 0 Å². The van der Waals surface area contributed by atoms with Crippen LogP contribution in [-0.2, 0) is 4.79 Å². The summed E-state index contributed by atoms with van der Waals surface area (Å²) in [7, 11) is 1.38. The molecule has 0 radical (unpaired) electrons. The number of benzene rings is 1. The van der Waals surface area contributed by atoms with E-state index < -0.39 is 22.5 Å². The van der Waals surface area contributed by atoms with Crippen LogP contribution in [0.25, 0.3) is 0 Å². The second kappa shape index (κ2) is 8.04. The Hall–Kier alpha value is -2.97. The fourth-order valence-corrected chi connectivity index (χ4v) is 2.13. The number of nitro benzene ring substituents is 1. The normalized spacial score (nSPS) is 10.1. The van der Waals surface area contributed by atoms with Crippen LogP contribution in [0.1, 0.15) is 34.6 Å². The first-order valence-electron chi connectivity index (χ1n) is 7.27. The Kier molecular flexibility index (Phi) is 6.39. The van der Waals surface area contributed by atoms with Gasteiger partial charge in [0.05, 0.1) is 17.0 Å². The molecule has 9 nitrogen and oxygen atoms in total. The van der Waals surface area contributed by atoms with Crippen molar-refractivity contribution in [3.8, 4) is 0 Å². The third kappa shape index (κ3) is 4.51. The van der Waals surface area contributed by atoms with Gasteiger partial charge in [0.25, 0.3) is 11.6 Å². The lowest BCUT2D eigenvalue weighted by atomic mass is 10.1. The van der Waals surface area contributed by atoms with Gasteiger partial charge in [-0.05, 0) is 19.9 Å². The molecule has 0 aliphatic rings. The van der Waals surface area contributed by atoms with Crippen LogP contribution in [-0.4, -0.2) is 64.3 Å². The zero-order chi connectivity index (χ0) is 18.4. The van der Waals surface area contributed by atoms with Gasteiger partial charge in [0.15, 0.2) is 0 Å². The number of carbonyl (C=O) groups excluding carboxylic acids is 2. The molecule has 0 saturated heterocycles. The van der Waals surface area contributed by atoms with Crippen molar-refractivity contribution >= 4 is 23.5 Å². The van der Waals surface area contributed by atoms with Crippen LogP contribution < -0.4 is 0 Å². The maximum absolute atomic E-state index is 12.4. The molecule has 0 heterocycles. The zero-order valence-corrected chi connectivity index (χ0v) is 13.7. The van der Waals surface area contributed by atoms with Crippen molar-refractivity contribution in [2.45, 2.75) is 13.8 Å². The molecule has 1 aromatic rings. The number of nitro groups is 1. The highest BCUT2D eigenvalue weighted by molar-refractivity contribution is 5.99. The van der Waals surface area contributed by atoms with E-state index in [4.69, 9.17) is 5.11 Å². The SMILES string of the molecule is CCN(CC)C(=O)CN(C)C(=O)c1cc(C(=O)O)cc([N+](=O)[O-])c1. The molecule has 2 amide bonds. The molecule has 0 aromatic heterocycles. The van der Waals surface area contributed by atoms with Crippen molar-refractivity contribution in [3.63, 3.8) is 0 Å². The molecule has 1 N–H and O–H groups in total. The van der Waals surface area contributed by atoms with Gasteiger partial charge in [-0.15, -0.1) is 0 Å². The number of amides is 2. The third-order valence-electron chi connectivity index (χ3n) is 3.46. The second-order valence-corrected chi connectivity index (χ2v) is 5.06. The number of nitrogens with zero attached hydrogens (tertiary/aromatic N) is 3. The molecule has 0 unspecified atom stereocenters. The number of hydrogen-bond acceptors (Lipinski definition) is 5. The van der Waals surface area contributed by atoms with Gasteiger partial charge in [-0.25, -0.2) is 4.79 Å². The van der Waals surface area contributed by atoms with Crippen molar-refractivity contribution in [2.24, 2.45) is 0 Å². The van der Waals surface area contributed by atoms with Crippen molar-refractivity contribution < 1.29 is 24.4 Å². The van der Waals surface area contributed by atoms with E-state index in [1.807, 2.05) is 13.8 Å². The first kappa shape index (κ1) is 19.1. The van der Waals surface area contributed by atoms with Crippen molar-refractivity contribution in [1.29, 1.82) is 0 Å². The summed E-state index contributed by atoms with van der Waals surface area (Å²) in [5.74, 6) is -2.31. The van der Waals surface area contributed by atoms with E-state index >= 15 is 0 Å². The predicted octanol–water partition coefficient (Wildman–Crippen LogP) is 1.23. The summed E-state index contributed by atoms with van der Waals surface area (Å²) >= 11 is 0. The van der Waals surface area contributed by atoms with Crippen LogP contribution in [0, 0.1) is 10.1 Å². The molecule has 0 bridgehead atoms. The lowest BCUT2D eigenvalue weighted by Gasteiger charge is -2.23. The summed E-state index contributed by atoms with van der Waals surface area (Å²) in [4.78, 5) is 48.2. The minimum absolute atomic E-state index is 0.156. The summed E-state index contributed by atoms with van der Waals surface area (Å²) in [6, 6.07) is 2.92. The van der Waals surface area contributed by atoms with Crippen LogP contribution in [0.5, 0.6) is 0 Å². The number of likely N-dealkylation sites (N-methyl/N-ethyl adjacent to an activating group) is 2. The summed E-state index contributed by atoms with van der Waals surface area (Å²) in [5.41, 5.74) is -1.02. The Labute approximate surface area is 138 Å². The van der Waals surface area contributed by atoms with Gasteiger partial charge in [0, 0.05) is 37.8 Å². The molecule has 0 fully saturated rings. The Balaban J connectivity index is 3.07. The van der Waals surface area contributed by atoms with Gasteiger partial charge in [-0.3, -0.25) is 19.7 Å². The van der Waals surface area contributed by atoms with Gasteiger partial charge < -0.3 is 14.9 Å². The number of aromatic carboxylic acids is 1. The minimum Gasteiger partial charge on any atom is -0.478 e. The van der Waals surface area contributed by atoms with E-state index in [9.17, 15) is 24.5 Å². The highest BCUT2D eigenvalue weighted by atomic mass is 16.6. The summed E-state index contributed by atoms with van der Waals surface area (Å²) in [6.45, 7) is 4.41. The average molecular weight is 337 g/mol. The number of rotatable bonds is 7. The van der Waals surface area contributed by atoms with Gasteiger partial charge in [-0.1, -0.05) is 0 Å². The highest BCUT2D eigenvalue weighted by Crippen LogP contribution is 2.18. The quantitative estimate of drug-likeness (QED) is 0.590. The fraction of sp³-hybridized carbons (Fsp3) is 0.400. The van der Waals surface area contributed by atoms with Crippen LogP contribution in [0.15, 0.2) is 18.2 Å². The summed E-state index contributed by atoms with van der Waals surface area (Å²) < 4.78 is 0. The number of non-ortho nitro benzene ring substituents is 1. The summed E-state index contributed by atoms with van der Waals surface area (Å²) in [6.07, 6.45) is 0. The van der Waals surface area contributed by atoms with E-state index in [0.29, 0.717) is 13.1 Å². The topological polar surface area (TPSA) is 121 Å². The van der Waals surface area contributed by atoms with Crippen LogP contribution in [0.3, 0.4) is 0 Å². The lowest BCUT2D eigenvalue weighted by Crippen LogP contribution is -2.41. The van der Waals surface area contributed by atoms with E-state index in [0.717, 1.165) is 23.1 Å². The number of carbonyl (C=O) groups is 3.